The lowest BCUT2D eigenvalue weighted by Crippen LogP contribution is -2.13. The maximum Gasteiger partial charge on any atom is 0.0991 e. The van der Waals surface area contributed by atoms with Crippen molar-refractivity contribution in [2.24, 2.45) is 0 Å². The van der Waals surface area contributed by atoms with E-state index in [2.05, 4.69) is 24.9 Å². The van der Waals surface area contributed by atoms with Crippen molar-refractivity contribution < 1.29 is 0 Å². The van der Waals surface area contributed by atoms with Crippen LogP contribution in [0.3, 0.4) is 0 Å². The lowest BCUT2D eigenvalue weighted by Gasteiger charge is -2.14. The van der Waals surface area contributed by atoms with E-state index in [4.69, 9.17) is 5.26 Å². The van der Waals surface area contributed by atoms with E-state index in [1.54, 1.807) is 0 Å². The lowest BCUT2D eigenvalue weighted by molar-refractivity contribution is 0.954. The van der Waals surface area contributed by atoms with Crippen molar-refractivity contribution in [2.45, 2.75) is 13.3 Å². The van der Waals surface area contributed by atoms with Gasteiger partial charge in [0.1, 0.15) is 0 Å². The molecule has 0 radical (unpaired) electrons. The van der Waals surface area contributed by atoms with Crippen LogP contribution in [0, 0.1) is 18.3 Å². The van der Waals surface area contributed by atoms with Crippen LogP contribution >= 0.6 is 0 Å². The fraction of sp³-hybridized carbons (Fsp3) is 0.364. The van der Waals surface area contributed by atoms with Crippen LogP contribution in [0.2, 0.25) is 0 Å². The van der Waals surface area contributed by atoms with Crippen molar-refractivity contribution >= 4 is 5.69 Å². The highest BCUT2D eigenvalue weighted by molar-refractivity contribution is 5.64. The number of hydrogen-bond donors (Lipinski definition) is 0. The van der Waals surface area contributed by atoms with E-state index in [-0.39, 0.29) is 0 Å². The van der Waals surface area contributed by atoms with Crippen LogP contribution < -0.4 is 4.90 Å². The molecule has 0 bridgehead atoms. The molecule has 1 heterocycles. The Hall–Kier alpha value is -1.49. The summed E-state index contributed by atoms with van der Waals surface area (Å²) in [6.45, 7) is 3.15. The Balaban J connectivity index is 2.61. The van der Waals surface area contributed by atoms with E-state index in [1.165, 1.54) is 16.8 Å². The summed E-state index contributed by atoms with van der Waals surface area (Å²) in [5, 5.41) is 8.80. The summed E-state index contributed by atoms with van der Waals surface area (Å²) in [6.07, 6.45) is 1.07. The Bertz CT molecular complexity index is 388. The van der Waals surface area contributed by atoms with Gasteiger partial charge in [0.2, 0.25) is 0 Å². The summed E-state index contributed by atoms with van der Waals surface area (Å²) in [5.74, 6) is 0. The summed E-state index contributed by atoms with van der Waals surface area (Å²) in [6, 6.07) is 6.16. The molecule has 0 atom stereocenters. The standard InChI is InChI=1S/C11H12N2/c1-8-5-9(7-12)6-10-3-4-13(2)11(8)10/h5-6H,3-4H2,1-2H3. The van der Waals surface area contributed by atoms with Gasteiger partial charge in [0.25, 0.3) is 0 Å². The van der Waals surface area contributed by atoms with Crippen molar-refractivity contribution in [3.8, 4) is 6.07 Å². The minimum absolute atomic E-state index is 0.784. The third-order valence-corrected chi connectivity index (χ3v) is 2.61. The van der Waals surface area contributed by atoms with Gasteiger partial charge in [0.15, 0.2) is 0 Å². The fourth-order valence-corrected chi connectivity index (χ4v) is 2.05. The number of nitriles is 1. The minimum Gasteiger partial charge on any atom is -0.374 e. The van der Waals surface area contributed by atoms with Gasteiger partial charge in [-0.05, 0) is 36.6 Å². The van der Waals surface area contributed by atoms with Gasteiger partial charge in [0, 0.05) is 19.3 Å². The van der Waals surface area contributed by atoms with E-state index in [9.17, 15) is 0 Å². The van der Waals surface area contributed by atoms with Crippen LogP contribution in [0.1, 0.15) is 16.7 Å². The van der Waals surface area contributed by atoms with Gasteiger partial charge in [-0.3, -0.25) is 0 Å². The smallest absolute Gasteiger partial charge is 0.0991 e. The van der Waals surface area contributed by atoms with E-state index in [0.29, 0.717) is 0 Å². The zero-order chi connectivity index (χ0) is 9.42. The molecule has 0 spiro atoms. The number of anilines is 1. The molecular weight excluding hydrogens is 160 g/mol. The highest BCUT2D eigenvalue weighted by Gasteiger charge is 2.18. The van der Waals surface area contributed by atoms with Crippen LogP contribution in [0.15, 0.2) is 12.1 Å². The Morgan fingerprint density at radius 2 is 2.23 bits per heavy atom. The topological polar surface area (TPSA) is 27.0 Å². The summed E-state index contributed by atoms with van der Waals surface area (Å²) in [5.41, 5.74) is 4.64. The highest BCUT2D eigenvalue weighted by atomic mass is 15.1. The van der Waals surface area contributed by atoms with Gasteiger partial charge in [-0.1, -0.05) is 0 Å². The molecular formula is C11H12N2. The molecule has 0 saturated heterocycles. The largest absolute Gasteiger partial charge is 0.374 e. The average Bonchev–Trinajstić information content (AvgIpc) is 2.48. The summed E-state index contributed by atoms with van der Waals surface area (Å²) in [4.78, 5) is 2.26. The highest BCUT2D eigenvalue weighted by Crippen LogP contribution is 2.31. The van der Waals surface area contributed by atoms with Gasteiger partial charge in [-0.15, -0.1) is 0 Å². The monoisotopic (exact) mass is 172 g/mol. The molecule has 0 aromatic heterocycles. The first kappa shape index (κ1) is 8.12. The number of rotatable bonds is 0. The molecule has 0 aliphatic carbocycles. The van der Waals surface area contributed by atoms with Crippen molar-refractivity contribution in [3.05, 3.63) is 28.8 Å². The molecule has 2 rings (SSSR count). The average molecular weight is 172 g/mol. The molecule has 0 amide bonds. The SMILES string of the molecule is Cc1cc(C#N)cc2c1N(C)CC2. The quantitative estimate of drug-likeness (QED) is 0.597. The Kier molecular flexibility index (Phi) is 1.73. The molecule has 13 heavy (non-hydrogen) atoms. The second-order valence-electron chi connectivity index (χ2n) is 3.58. The van der Waals surface area contributed by atoms with Crippen LogP contribution in [-0.2, 0) is 6.42 Å². The molecule has 2 heteroatoms. The number of hydrogen-bond acceptors (Lipinski definition) is 2. The van der Waals surface area contributed by atoms with Crippen molar-refractivity contribution in [3.63, 3.8) is 0 Å². The molecule has 0 N–H and O–H groups in total. The molecule has 1 aromatic rings. The zero-order valence-corrected chi connectivity index (χ0v) is 7.96. The van der Waals surface area contributed by atoms with Crippen LogP contribution in [0.5, 0.6) is 0 Å². The van der Waals surface area contributed by atoms with Gasteiger partial charge >= 0.3 is 0 Å². The van der Waals surface area contributed by atoms with Gasteiger partial charge < -0.3 is 4.90 Å². The molecule has 2 nitrogen and oxygen atoms in total. The molecule has 0 unspecified atom stereocenters. The van der Waals surface area contributed by atoms with Crippen molar-refractivity contribution in [1.29, 1.82) is 5.26 Å². The van der Waals surface area contributed by atoms with Gasteiger partial charge in [-0.25, -0.2) is 0 Å². The van der Waals surface area contributed by atoms with Crippen molar-refractivity contribution in [1.82, 2.24) is 0 Å². The number of aryl methyl sites for hydroxylation is 1. The first-order valence-electron chi connectivity index (χ1n) is 4.47. The molecule has 66 valence electrons. The molecule has 1 aliphatic heterocycles. The van der Waals surface area contributed by atoms with Crippen LogP contribution in [-0.4, -0.2) is 13.6 Å². The van der Waals surface area contributed by atoms with Crippen molar-refractivity contribution in [2.75, 3.05) is 18.5 Å². The summed E-state index contributed by atoms with van der Waals surface area (Å²) in [7, 11) is 2.10. The first-order chi connectivity index (χ1) is 6.22. The van der Waals surface area contributed by atoms with E-state index >= 15 is 0 Å². The van der Waals surface area contributed by atoms with E-state index in [1.807, 2.05) is 12.1 Å². The lowest BCUT2D eigenvalue weighted by atomic mass is 10.0. The fourth-order valence-electron chi connectivity index (χ4n) is 2.05. The maximum absolute atomic E-state index is 8.80. The van der Waals surface area contributed by atoms with Gasteiger partial charge in [0.05, 0.1) is 11.6 Å². The second-order valence-corrected chi connectivity index (χ2v) is 3.58. The molecule has 0 saturated carbocycles. The third kappa shape index (κ3) is 1.17. The van der Waals surface area contributed by atoms with Gasteiger partial charge in [-0.2, -0.15) is 5.26 Å². The maximum atomic E-state index is 8.80. The number of nitrogens with zero attached hydrogens (tertiary/aromatic N) is 2. The normalized spacial score (nSPS) is 14.1. The Morgan fingerprint density at radius 1 is 1.46 bits per heavy atom. The first-order valence-corrected chi connectivity index (χ1v) is 4.47. The molecule has 0 fully saturated rings. The number of benzene rings is 1. The van der Waals surface area contributed by atoms with Crippen LogP contribution in [0.4, 0.5) is 5.69 Å². The number of fused-ring (bicyclic) bond motifs is 1. The second kappa shape index (κ2) is 2.77. The van der Waals surface area contributed by atoms with E-state index < -0.39 is 0 Å². The van der Waals surface area contributed by atoms with Crippen LogP contribution in [0.25, 0.3) is 0 Å². The molecule has 1 aliphatic rings. The Labute approximate surface area is 78.4 Å². The Morgan fingerprint density at radius 3 is 2.92 bits per heavy atom. The predicted molar refractivity (Wildman–Crippen MR) is 52.9 cm³/mol. The predicted octanol–water partition coefficient (Wildman–Crippen LogP) is 1.86. The summed E-state index contributed by atoms with van der Waals surface area (Å²) < 4.78 is 0. The third-order valence-electron chi connectivity index (χ3n) is 2.61. The van der Waals surface area contributed by atoms with E-state index in [0.717, 1.165) is 18.5 Å². The molecule has 1 aromatic carbocycles. The zero-order valence-electron chi connectivity index (χ0n) is 7.96. The summed E-state index contributed by atoms with van der Waals surface area (Å²) >= 11 is 0. The minimum atomic E-state index is 0.784. The number of likely N-dealkylation sites (N-methyl/N-ethyl adjacent to an activating group) is 1.